The summed E-state index contributed by atoms with van der Waals surface area (Å²) >= 11 is -0.0458. The molecule has 16 heteroatoms. The van der Waals surface area contributed by atoms with E-state index < -0.39 is 64.0 Å². The molecular formula is C63H91F15S. The number of hydrogen-bond acceptors (Lipinski definition) is 1. The van der Waals surface area contributed by atoms with Crippen molar-refractivity contribution < 1.29 is 65.9 Å². The first-order valence-corrected chi connectivity index (χ1v) is 26.8. The number of alkyl halides is 15. The van der Waals surface area contributed by atoms with Gasteiger partial charge in [0.1, 0.15) is 0 Å². The van der Waals surface area contributed by atoms with Crippen molar-refractivity contribution in [3.63, 3.8) is 0 Å². The fraction of sp³-hybridized carbons (Fsp3) is 0.619. The van der Waals surface area contributed by atoms with Gasteiger partial charge in [0.05, 0.1) is 16.5 Å². The first-order chi connectivity index (χ1) is 34.5. The van der Waals surface area contributed by atoms with Gasteiger partial charge in [-0.2, -0.15) is 65.9 Å². The third kappa shape index (κ3) is 32.4. The van der Waals surface area contributed by atoms with Gasteiger partial charge in [0.15, 0.2) is 0 Å². The minimum absolute atomic E-state index is 0.0458. The van der Waals surface area contributed by atoms with Gasteiger partial charge in [0.2, 0.25) is 0 Å². The van der Waals surface area contributed by atoms with E-state index in [2.05, 4.69) is 65.8 Å². The zero-order valence-electron chi connectivity index (χ0n) is 50.9. The van der Waals surface area contributed by atoms with E-state index in [9.17, 15) is 65.9 Å². The molecular weight excluding hydrogens is 1070 g/mol. The van der Waals surface area contributed by atoms with Crippen LogP contribution in [0.1, 0.15) is 217 Å². The largest absolute Gasteiger partial charge is 0.446 e. The van der Waals surface area contributed by atoms with E-state index in [4.69, 9.17) is 0 Å². The van der Waals surface area contributed by atoms with Crippen LogP contribution in [0.2, 0.25) is 0 Å². The van der Waals surface area contributed by atoms with Crippen LogP contribution in [0.5, 0.6) is 0 Å². The van der Waals surface area contributed by atoms with E-state index in [-0.39, 0.29) is 56.6 Å². The summed E-state index contributed by atoms with van der Waals surface area (Å²) in [4.78, 5) is 0.289. The van der Waals surface area contributed by atoms with Crippen molar-refractivity contribution in [3.8, 4) is 0 Å². The Morgan fingerprint density at radius 1 is 0.291 bits per heavy atom. The molecule has 0 atom stereocenters. The molecule has 0 unspecified atom stereocenters. The molecule has 0 saturated heterocycles. The molecule has 0 nitrogen and oxygen atoms in total. The van der Waals surface area contributed by atoms with Gasteiger partial charge in [-0.05, 0) is 109 Å². The van der Waals surface area contributed by atoms with Crippen LogP contribution < -0.4 is 0 Å². The highest BCUT2D eigenvalue weighted by molar-refractivity contribution is 8.00. The number of halogens is 15. The SMILES string of the molecule is CC(C)(C)CC(C)(C)C(F)(F)F.CC(C)(C)CCC(F)(F)F.CC(C)(C)c1ccccc1C(C)(C)C.CC(C)(C)c1ccccc1C(F)(F)F.CC(C)(C)c1ccccc1C(F)(F)F.CC(C)(C)c1ccccc1SC(F)(F)F. The Morgan fingerprint density at radius 2 is 0.532 bits per heavy atom. The lowest BCUT2D eigenvalue weighted by atomic mass is 9.75. The second-order valence-electron chi connectivity index (χ2n) is 27.7. The second kappa shape index (κ2) is 28.4. The molecule has 0 radical (unpaired) electrons. The van der Waals surface area contributed by atoms with Crippen LogP contribution in [0.4, 0.5) is 65.9 Å². The van der Waals surface area contributed by atoms with Crippen LogP contribution in [-0.2, 0) is 39.4 Å². The lowest BCUT2D eigenvalue weighted by molar-refractivity contribution is -0.220. The van der Waals surface area contributed by atoms with Crippen molar-refractivity contribution in [2.75, 3.05) is 0 Å². The topological polar surface area (TPSA) is 0 Å². The average Bonchev–Trinajstić information content (AvgIpc) is 3.20. The third-order valence-electron chi connectivity index (χ3n) is 11.4. The molecule has 79 heavy (non-hydrogen) atoms. The van der Waals surface area contributed by atoms with E-state index >= 15 is 0 Å². The molecule has 0 aliphatic carbocycles. The first-order valence-electron chi connectivity index (χ1n) is 26.0. The third-order valence-corrected chi connectivity index (χ3v) is 12.3. The maximum Gasteiger partial charge on any atom is 0.446 e. The van der Waals surface area contributed by atoms with Gasteiger partial charge < -0.3 is 0 Å². The molecule has 454 valence electrons. The van der Waals surface area contributed by atoms with Gasteiger partial charge in [-0.25, -0.2) is 0 Å². The molecule has 4 rings (SSSR count). The molecule has 0 aliphatic rings. The van der Waals surface area contributed by atoms with Crippen LogP contribution >= 0.6 is 11.8 Å². The highest BCUT2D eigenvalue weighted by Gasteiger charge is 2.48. The molecule has 0 aromatic heterocycles. The maximum atomic E-state index is 12.6. The predicted octanol–water partition coefficient (Wildman–Crippen LogP) is 24.3. The fourth-order valence-electron chi connectivity index (χ4n) is 7.80. The zero-order valence-corrected chi connectivity index (χ0v) is 51.8. The van der Waals surface area contributed by atoms with Crippen molar-refractivity contribution in [2.24, 2.45) is 16.2 Å². The summed E-state index contributed by atoms with van der Waals surface area (Å²) in [7, 11) is 0. The Labute approximate surface area is 468 Å². The summed E-state index contributed by atoms with van der Waals surface area (Å²) in [6.45, 7) is 43.4. The van der Waals surface area contributed by atoms with Gasteiger partial charge in [-0.15, -0.1) is 0 Å². The number of rotatable bonds is 3. The van der Waals surface area contributed by atoms with E-state index in [0.29, 0.717) is 11.1 Å². The summed E-state index contributed by atoms with van der Waals surface area (Å²) < 4.78 is 184. The van der Waals surface area contributed by atoms with Gasteiger partial charge in [-0.3, -0.25) is 0 Å². The second-order valence-corrected chi connectivity index (χ2v) is 28.8. The smallest absolute Gasteiger partial charge is 0.171 e. The maximum absolute atomic E-state index is 12.6. The molecule has 4 aromatic rings. The predicted molar refractivity (Wildman–Crippen MR) is 300 cm³/mol. The Morgan fingerprint density at radius 3 is 0.696 bits per heavy atom. The molecule has 0 N–H and O–H groups in total. The van der Waals surface area contributed by atoms with Gasteiger partial charge >= 0.3 is 30.2 Å². The van der Waals surface area contributed by atoms with Crippen LogP contribution in [0.25, 0.3) is 0 Å². The molecule has 0 aliphatic heterocycles. The number of thioether (sulfide) groups is 1. The summed E-state index contributed by atoms with van der Waals surface area (Å²) in [5, 5.41) is 0. The normalized spacial score (nSPS) is 13.4. The summed E-state index contributed by atoms with van der Waals surface area (Å²) in [5.41, 5.74) is -3.77. The minimum Gasteiger partial charge on any atom is -0.171 e. The zero-order chi connectivity index (χ0) is 63.3. The van der Waals surface area contributed by atoms with E-state index in [1.807, 2.05) is 41.5 Å². The van der Waals surface area contributed by atoms with Gasteiger partial charge in [-0.1, -0.05) is 238 Å². The van der Waals surface area contributed by atoms with E-state index in [1.165, 1.54) is 55.3 Å². The molecule has 0 amide bonds. The van der Waals surface area contributed by atoms with Crippen LogP contribution in [-0.4, -0.2) is 17.9 Å². The van der Waals surface area contributed by atoms with Crippen LogP contribution in [0.15, 0.2) is 102 Å². The molecule has 0 spiro atoms. The molecule has 0 bridgehead atoms. The number of hydrogen-bond donors (Lipinski definition) is 0. The van der Waals surface area contributed by atoms with Gasteiger partial charge in [0.25, 0.3) is 0 Å². The van der Waals surface area contributed by atoms with Gasteiger partial charge in [0, 0.05) is 11.3 Å². The van der Waals surface area contributed by atoms with Crippen LogP contribution in [0, 0.1) is 16.2 Å². The highest BCUT2D eigenvalue weighted by atomic mass is 32.2. The summed E-state index contributed by atoms with van der Waals surface area (Å²) in [6.07, 6.45) is -16.9. The molecule has 0 fully saturated rings. The Hall–Kier alpha value is -3.82. The van der Waals surface area contributed by atoms with Crippen molar-refractivity contribution in [1.29, 1.82) is 0 Å². The molecule has 0 heterocycles. The Balaban J connectivity index is 0. The summed E-state index contributed by atoms with van der Waals surface area (Å²) in [5.74, 6) is 0. The Bertz CT molecular complexity index is 2110. The summed E-state index contributed by atoms with van der Waals surface area (Å²) in [6, 6.07) is 26.8. The lowest BCUT2D eigenvalue weighted by Gasteiger charge is -2.34. The fourth-order valence-corrected chi connectivity index (χ4v) is 8.68. The molecule has 0 saturated carbocycles. The monoisotopic (exact) mass is 1160 g/mol. The van der Waals surface area contributed by atoms with Crippen molar-refractivity contribution in [2.45, 2.75) is 241 Å². The van der Waals surface area contributed by atoms with Crippen molar-refractivity contribution in [1.82, 2.24) is 0 Å². The lowest BCUT2D eigenvalue weighted by Crippen LogP contribution is -2.35. The average molecular weight is 1170 g/mol. The first kappa shape index (κ1) is 77.2. The van der Waals surface area contributed by atoms with Crippen molar-refractivity contribution in [3.05, 3.63) is 136 Å². The minimum atomic E-state index is -4.26. The van der Waals surface area contributed by atoms with E-state index in [1.54, 1.807) is 92.6 Å². The highest BCUT2D eigenvalue weighted by Crippen LogP contribution is 2.46. The molecule has 4 aromatic carbocycles. The van der Waals surface area contributed by atoms with E-state index in [0.717, 1.165) is 17.7 Å². The quantitative estimate of drug-likeness (QED) is 0.146. The van der Waals surface area contributed by atoms with Crippen molar-refractivity contribution >= 4 is 11.8 Å². The number of benzene rings is 4. The Kier molecular flexibility index (Phi) is 27.8. The van der Waals surface area contributed by atoms with Crippen LogP contribution in [0.3, 0.4) is 0 Å². The standard InChI is InChI=1S/C14H22.C11H13F3S.2C11H13F3.C9H17F3.C7H13F3/c1-13(2,3)11-9-7-8-10-12(11)14(4,5)6;1-10(2,3)8-6-4-5-7-9(8)15-11(12,13)14;2*1-10(2,3)8-6-4-5-7-9(8)11(12,13)14;1-7(2,3)6-8(4,5)9(10,11)12;1-6(2,3)4-5-7(8,9)10/h7-10H,1-6H3;4-7H,1-3H3;2*4-7H,1-3H3;6H2,1-5H3;4-5H2,1-3H3.